The van der Waals surface area contributed by atoms with E-state index in [2.05, 4.69) is 4.98 Å². The van der Waals surface area contributed by atoms with Crippen LogP contribution in [0.1, 0.15) is 22.8 Å². The van der Waals surface area contributed by atoms with Crippen molar-refractivity contribution in [1.29, 1.82) is 0 Å². The highest BCUT2D eigenvalue weighted by atomic mass is 16.5. The molecule has 0 atom stereocenters. The quantitative estimate of drug-likeness (QED) is 0.651. The highest BCUT2D eigenvalue weighted by Gasteiger charge is 2.17. The highest BCUT2D eigenvalue weighted by Crippen LogP contribution is 2.20. The molecular weight excluding hydrogens is 356 g/mol. The lowest BCUT2D eigenvalue weighted by atomic mass is 10.1. The minimum absolute atomic E-state index is 0.139. The van der Waals surface area contributed by atoms with Crippen molar-refractivity contribution in [2.24, 2.45) is 0 Å². The van der Waals surface area contributed by atoms with Crippen LogP contribution in [0.15, 0.2) is 59.4 Å². The Balaban J connectivity index is 1.92. The fourth-order valence-electron chi connectivity index (χ4n) is 3.03. The average Bonchev–Trinajstić information content (AvgIpc) is 2.72. The summed E-state index contributed by atoms with van der Waals surface area (Å²) in [6.45, 7) is 3.46. The van der Waals surface area contributed by atoms with Crippen molar-refractivity contribution in [2.45, 2.75) is 13.5 Å². The predicted octanol–water partition coefficient (Wildman–Crippen LogP) is 3.22. The number of aromatic nitrogens is 1. The molecule has 2 aromatic carbocycles. The molecule has 0 unspecified atom stereocenters. The van der Waals surface area contributed by atoms with E-state index in [1.54, 1.807) is 24.1 Å². The fraction of sp³-hybridized carbons (Fsp3) is 0.273. The average molecular weight is 380 g/mol. The molecule has 1 amide bonds. The topological polar surface area (TPSA) is 71.6 Å². The van der Waals surface area contributed by atoms with Crippen LogP contribution in [0, 0.1) is 0 Å². The maximum atomic E-state index is 12.9. The van der Waals surface area contributed by atoms with Gasteiger partial charge >= 0.3 is 0 Å². The smallest absolute Gasteiger partial charge is 0.254 e. The van der Waals surface area contributed by atoms with E-state index < -0.39 is 0 Å². The van der Waals surface area contributed by atoms with Crippen LogP contribution in [0.5, 0.6) is 5.75 Å². The molecule has 0 fully saturated rings. The standard InChI is InChI=1S/C22H24N2O4/c1-3-28-19-9-10-20-17(14-19)13-18(21(25)23-20)15-24(11-12-27-2)22(26)16-7-5-4-6-8-16/h4-10,13-14H,3,11-12,15H2,1-2H3,(H,23,25). The number of rotatable bonds is 8. The Morgan fingerprint density at radius 2 is 1.89 bits per heavy atom. The molecule has 0 saturated heterocycles. The first-order chi connectivity index (χ1) is 13.6. The number of nitrogens with one attached hydrogen (secondary N) is 1. The van der Waals surface area contributed by atoms with Crippen molar-refractivity contribution < 1.29 is 14.3 Å². The van der Waals surface area contributed by atoms with Gasteiger partial charge in [-0.1, -0.05) is 18.2 Å². The second kappa shape index (κ2) is 9.19. The second-order valence-corrected chi connectivity index (χ2v) is 6.39. The third-order valence-corrected chi connectivity index (χ3v) is 4.44. The zero-order valence-electron chi connectivity index (χ0n) is 16.1. The molecule has 0 aliphatic rings. The zero-order valence-corrected chi connectivity index (χ0v) is 16.1. The van der Waals surface area contributed by atoms with E-state index in [-0.39, 0.29) is 18.0 Å². The lowest BCUT2D eigenvalue weighted by Crippen LogP contribution is -2.35. The Bertz CT molecular complexity index is 998. The van der Waals surface area contributed by atoms with E-state index >= 15 is 0 Å². The molecule has 0 aliphatic heterocycles. The molecule has 1 heterocycles. The minimum atomic E-state index is -0.208. The number of pyridine rings is 1. The van der Waals surface area contributed by atoms with Crippen LogP contribution in [0.4, 0.5) is 0 Å². The Hall–Kier alpha value is -3.12. The van der Waals surface area contributed by atoms with E-state index in [4.69, 9.17) is 9.47 Å². The number of hydrogen-bond donors (Lipinski definition) is 1. The van der Waals surface area contributed by atoms with E-state index in [0.717, 1.165) is 16.7 Å². The SMILES string of the molecule is CCOc1ccc2[nH]c(=O)c(CN(CCOC)C(=O)c3ccccc3)cc2c1. The Morgan fingerprint density at radius 1 is 1.11 bits per heavy atom. The van der Waals surface area contributed by atoms with Crippen molar-refractivity contribution in [3.05, 3.63) is 76.1 Å². The maximum absolute atomic E-state index is 12.9. The van der Waals surface area contributed by atoms with Crippen LogP contribution in [-0.2, 0) is 11.3 Å². The van der Waals surface area contributed by atoms with Crippen LogP contribution in [0.25, 0.3) is 10.9 Å². The number of nitrogens with zero attached hydrogens (tertiary/aromatic N) is 1. The van der Waals surface area contributed by atoms with Gasteiger partial charge in [-0.05, 0) is 43.3 Å². The molecule has 6 nitrogen and oxygen atoms in total. The number of hydrogen-bond acceptors (Lipinski definition) is 4. The van der Waals surface area contributed by atoms with Crippen molar-refractivity contribution >= 4 is 16.8 Å². The van der Waals surface area contributed by atoms with Gasteiger partial charge in [0, 0.05) is 35.7 Å². The normalized spacial score (nSPS) is 10.8. The summed E-state index contributed by atoms with van der Waals surface area (Å²) in [5.41, 5.74) is 1.62. The summed E-state index contributed by atoms with van der Waals surface area (Å²) in [7, 11) is 1.59. The summed E-state index contributed by atoms with van der Waals surface area (Å²) in [6, 6.07) is 16.4. The van der Waals surface area contributed by atoms with Crippen LogP contribution in [-0.4, -0.2) is 42.7 Å². The van der Waals surface area contributed by atoms with Crippen molar-refractivity contribution in [2.75, 3.05) is 26.9 Å². The largest absolute Gasteiger partial charge is 0.494 e. The summed E-state index contributed by atoms with van der Waals surface area (Å²) < 4.78 is 10.7. The van der Waals surface area contributed by atoms with Gasteiger partial charge in [-0.15, -0.1) is 0 Å². The molecular formula is C22H24N2O4. The molecule has 3 aromatic rings. The van der Waals surface area contributed by atoms with E-state index in [1.165, 1.54) is 0 Å². The monoisotopic (exact) mass is 380 g/mol. The molecule has 0 aliphatic carbocycles. The number of benzene rings is 2. The first kappa shape index (κ1) is 19.6. The lowest BCUT2D eigenvalue weighted by molar-refractivity contribution is 0.0680. The van der Waals surface area contributed by atoms with Gasteiger partial charge < -0.3 is 19.4 Å². The molecule has 0 spiro atoms. The molecule has 6 heteroatoms. The maximum Gasteiger partial charge on any atom is 0.254 e. The third kappa shape index (κ3) is 4.58. The van der Waals surface area contributed by atoms with E-state index in [1.807, 2.05) is 49.4 Å². The van der Waals surface area contributed by atoms with Crippen molar-refractivity contribution in [3.8, 4) is 5.75 Å². The van der Waals surface area contributed by atoms with Gasteiger partial charge in [0.1, 0.15) is 5.75 Å². The van der Waals surface area contributed by atoms with Crippen LogP contribution < -0.4 is 10.3 Å². The highest BCUT2D eigenvalue weighted by molar-refractivity contribution is 5.94. The number of methoxy groups -OCH3 is 1. The molecule has 0 radical (unpaired) electrons. The molecule has 28 heavy (non-hydrogen) atoms. The van der Waals surface area contributed by atoms with Crippen molar-refractivity contribution in [3.63, 3.8) is 0 Å². The second-order valence-electron chi connectivity index (χ2n) is 6.39. The number of carbonyl (C=O) groups is 1. The van der Waals surface area contributed by atoms with Crippen LogP contribution >= 0.6 is 0 Å². The molecule has 0 bridgehead atoms. The Kier molecular flexibility index (Phi) is 6.45. The lowest BCUT2D eigenvalue weighted by Gasteiger charge is -2.22. The third-order valence-electron chi connectivity index (χ3n) is 4.44. The van der Waals surface area contributed by atoms with E-state index in [9.17, 15) is 9.59 Å². The molecule has 146 valence electrons. The molecule has 3 rings (SSSR count). The molecule has 0 saturated carbocycles. The van der Waals surface area contributed by atoms with E-state index in [0.29, 0.717) is 30.9 Å². The fourth-order valence-corrected chi connectivity index (χ4v) is 3.03. The number of amides is 1. The van der Waals surface area contributed by atoms with Gasteiger partial charge in [-0.25, -0.2) is 0 Å². The van der Waals surface area contributed by atoms with Gasteiger partial charge in [-0.3, -0.25) is 9.59 Å². The predicted molar refractivity (Wildman–Crippen MR) is 109 cm³/mol. The van der Waals surface area contributed by atoms with Gasteiger partial charge in [0.2, 0.25) is 0 Å². The van der Waals surface area contributed by atoms with Crippen LogP contribution in [0.2, 0.25) is 0 Å². The number of aromatic amines is 1. The number of H-pyrrole nitrogens is 1. The van der Waals surface area contributed by atoms with Gasteiger partial charge in [-0.2, -0.15) is 0 Å². The van der Waals surface area contributed by atoms with Gasteiger partial charge in [0.05, 0.1) is 19.8 Å². The van der Waals surface area contributed by atoms with Crippen molar-refractivity contribution in [1.82, 2.24) is 9.88 Å². The summed E-state index contributed by atoms with van der Waals surface area (Å²) in [5, 5.41) is 0.861. The number of ether oxygens (including phenoxy) is 2. The summed E-state index contributed by atoms with van der Waals surface area (Å²) in [4.78, 5) is 30.0. The summed E-state index contributed by atoms with van der Waals surface area (Å²) >= 11 is 0. The summed E-state index contributed by atoms with van der Waals surface area (Å²) in [5.74, 6) is 0.602. The Labute approximate surface area is 163 Å². The zero-order chi connectivity index (χ0) is 19.9. The number of carbonyl (C=O) groups excluding carboxylic acids is 1. The minimum Gasteiger partial charge on any atom is -0.494 e. The first-order valence-electron chi connectivity index (χ1n) is 9.24. The molecule has 1 N–H and O–H groups in total. The molecule has 1 aromatic heterocycles. The first-order valence-corrected chi connectivity index (χ1v) is 9.24. The van der Waals surface area contributed by atoms with Crippen LogP contribution in [0.3, 0.4) is 0 Å². The van der Waals surface area contributed by atoms with Gasteiger partial charge in [0.25, 0.3) is 11.5 Å². The Morgan fingerprint density at radius 3 is 2.61 bits per heavy atom. The summed E-state index contributed by atoms with van der Waals surface area (Å²) in [6.07, 6.45) is 0. The van der Waals surface area contributed by atoms with Gasteiger partial charge in [0.15, 0.2) is 0 Å². The number of fused-ring (bicyclic) bond motifs is 1.